The van der Waals surface area contributed by atoms with E-state index < -0.39 is 0 Å². The Morgan fingerprint density at radius 1 is 1.06 bits per heavy atom. The number of carbonyl (C=O) groups is 1. The van der Waals surface area contributed by atoms with Gasteiger partial charge in [-0.05, 0) is 49.7 Å². The number of aryl methyl sites for hydroxylation is 2. The van der Waals surface area contributed by atoms with Crippen molar-refractivity contribution in [3.63, 3.8) is 0 Å². The van der Waals surface area contributed by atoms with Crippen LogP contribution in [0.4, 0.5) is 5.69 Å². The third-order valence-corrected chi connectivity index (χ3v) is 5.87. The Hall–Kier alpha value is -3.59. The number of hydrogen-bond acceptors (Lipinski definition) is 7. The fraction of sp³-hybridized carbons (Fsp3) is 0.217. The molecule has 164 valence electrons. The topological polar surface area (TPSA) is 90.6 Å². The average Bonchev–Trinajstić information content (AvgIpc) is 3.20. The summed E-state index contributed by atoms with van der Waals surface area (Å²) in [5.74, 6) is 2.04. The minimum atomic E-state index is -0.246. The SMILES string of the molecule is CCc1cc(Sc2ccccc2NC(=O)c2ccc(OC)c(OC)c2)n2nc(C)nc2n1. The maximum absolute atomic E-state index is 12.9. The van der Waals surface area contributed by atoms with Crippen molar-refractivity contribution in [3.8, 4) is 11.5 Å². The van der Waals surface area contributed by atoms with E-state index >= 15 is 0 Å². The molecule has 8 nitrogen and oxygen atoms in total. The smallest absolute Gasteiger partial charge is 0.255 e. The van der Waals surface area contributed by atoms with Gasteiger partial charge in [0.05, 0.1) is 19.9 Å². The number of ether oxygens (including phenoxy) is 2. The number of aromatic nitrogens is 4. The van der Waals surface area contributed by atoms with Crippen molar-refractivity contribution in [1.82, 2.24) is 19.6 Å². The molecule has 0 aliphatic heterocycles. The zero-order chi connectivity index (χ0) is 22.7. The molecular formula is C23H23N5O3S. The van der Waals surface area contributed by atoms with Crippen molar-refractivity contribution >= 4 is 29.1 Å². The van der Waals surface area contributed by atoms with Crippen LogP contribution in [0.25, 0.3) is 5.78 Å². The summed E-state index contributed by atoms with van der Waals surface area (Å²) < 4.78 is 12.3. The quantitative estimate of drug-likeness (QED) is 0.418. The van der Waals surface area contributed by atoms with Gasteiger partial charge < -0.3 is 14.8 Å². The van der Waals surface area contributed by atoms with Gasteiger partial charge in [-0.15, -0.1) is 5.10 Å². The second-order valence-corrected chi connectivity index (χ2v) is 7.99. The highest BCUT2D eigenvalue weighted by Crippen LogP contribution is 2.34. The molecule has 0 fully saturated rings. The molecule has 2 heterocycles. The number of nitrogens with zero attached hydrogens (tertiary/aromatic N) is 4. The molecule has 1 N–H and O–H groups in total. The van der Waals surface area contributed by atoms with Crippen LogP contribution in [-0.2, 0) is 6.42 Å². The number of rotatable bonds is 7. The number of methoxy groups -OCH3 is 2. The Morgan fingerprint density at radius 2 is 1.84 bits per heavy atom. The van der Waals surface area contributed by atoms with Crippen LogP contribution in [0.15, 0.2) is 58.5 Å². The molecule has 9 heteroatoms. The van der Waals surface area contributed by atoms with Crippen LogP contribution in [0, 0.1) is 6.92 Å². The molecule has 0 radical (unpaired) electrons. The molecule has 0 saturated heterocycles. The summed E-state index contributed by atoms with van der Waals surface area (Å²) in [5.41, 5.74) is 2.09. The Labute approximate surface area is 190 Å². The lowest BCUT2D eigenvalue weighted by Gasteiger charge is -2.13. The third kappa shape index (κ3) is 4.38. The van der Waals surface area contributed by atoms with Gasteiger partial charge in [-0.1, -0.05) is 30.8 Å². The van der Waals surface area contributed by atoms with Crippen molar-refractivity contribution in [2.45, 2.75) is 30.2 Å². The Kier molecular flexibility index (Phi) is 6.27. The summed E-state index contributed by atoms with van der Waals surface area (Å²) in [4.78, 5) is 22.8. The highest BCUT2D eigenvalue weighted by Gasteiger charge is 2.15. The second-order valence-electron chi connectivity index (χ2n) is 6.93. The largest absolute Gasteiger partial charge is 0.493 e. The van der Waals surface area contributed by atoms with E-state index in [0.29, 0.717) is 34.4 Å². The molecule has 0 aliphatic rings. The minimum absolute atomic E-state index is 0.246. The summed E-state index contributed by atoms with van der Waals surface area (Å²) in [6, 6.07) is 14.7. The molecule has 0 unspecified atom stereocenters. The summed E-state index contributed by atoms with van der Waals surface area (Å²) in [5, 5.41) is 8.34. The summed E-state index contributed by atoms with van der Waals surface area (Å²) >= 11 is 1.50. The molecule has 4 aromatic rings. The fourth-order valence-electron chi connectivity index (χ4n) is 3.19. The minimum Gasteiger partial charge on any atom is -0.493 e. The van der Waals surface area contributed by atoms with Gasteiger partial charge in [0, 0.05) is 16.2 Å². The highest BCUT2D eigenvalue weighted by molar-refractivity contribution is 7.99. The van der Waals surface area contributed by atoms with E-state index in [9.17, 15) is 4.79 Å². The average molecular weight is 450 g/mol. The molecular weight excluding hydrogens is 426 g/mol. The van der Waals surface area contributed by atoms with Crippen LogP contribution in [0.5, 0.6) is 11.5 Å². The Morgan fingerprint density at radius 3 is 2.59 bits per heavy atom. The molecule has 0 spiro atoms. The van der Waals surface area contributed by atoms with Crippen molar-refractivity contribution in [2.24, 2.45) is 0 Å². The highest BCUT2D eigenvalue weighted by atomic mass is 32.2. The van der Waals surface area contributed by atoms with Gasteiger partial charge in [-0.25, -0.2) is 4.98 Å². The van der Waals surface area contributed by atoms with E-state index in [0.717, 1.165) is 22.0 Å². The molecule has 0 saturated carbocycles. The van der Waals surface area contributed by atoms with Crippen LogP contribution in [-0.4, -0.2) is 39.7 Å². The lowest BCUT2D eigenvalue weighted by Crippen LogP contribution is -2.13. The van der Waals surface area contributed by atoms with Crippen LogP contribution < -0.4 is 14.8 Å². The number of amides is 1. The number of benzene rings is 2. The molecule has 2 aromatic heterocycles. The molecule has 2 aromatic carbocycles. The van der Waals surface area contributed by atoms with E-state index in [1.165, 1.54) is 18.9 Å². The first-order valence-corrected chi connectivity index (χ1v) is 10.9. The van der Waals surface area contributed by atoms with E-state index in [1.54, 1.807) is 29.8 Å². The van der Waals surface area contributed by atoms with Crippen LogP contribution >= 0.6 is 11.8 Å². The number of fused-ring (bicyclic) bond motifs is 1. The monoisotopic (exact) mass is 449 g/mol. The molecule has 0 aliphatic carbocycles. The van der Waals surface area contributed by atoms with Crippen molar-refractivity contribution in [2.75, 3.05) is 19.5 Å². The van der Waals surface area contributed by atoms with Gasteiger partial charge >= 0.3 is 0 Å². The molecule has 0 bridgehead atoms. The first-order valence-electron chi connectivity index (χ1n) is 10.1. The Bertz CT molecular complexity index is 1290. The second kappa shape index (κ2) is 9.27. The van der Waals surface area contributed by atoms with Crippen molar-refractivity contribution in [3.05, 3.63) is 65.6 Å². The molecule has 1 amide bonds. The third-order valence-electron chi connectivity index (χ3n) is 4.80. The Balaban J connectivity index is 1.64. The number of hydrogen-bond donors (Lipinski definition) is 1. The van der Waals surface area contributed by atoms with Gasteiger partial charge in [0.15, 0.2) is 11.5 Å². The maximum Gasteiger partial charge on any atom is 0.255 e. The molecule has 0 atom stereocenters. The molecule has 4 rings (SSSR count). The van der Waals surface area contributed by atoms with Crippen LogP contribution in [0.3, 0.4) is 0 Å². The molecule has 32 heavy (non-hydrogen) atoms. The van der Waals surface area contributed by atoms with E-state index in [4.69, 9.17) is 9.47 Å². The summed E-state index contributed by atoms with van der Waals surface area (Å²) in [7, 11) is 3.10. The normalized spacial score (nSPS) is 10.9. The van der Waals surface area contributed by atoms with Crippen LogP contribution in [0.2, 0.25) is 0 Å². The predicted octanol–water partition coefficient (Wildman–Crippen LogP) is 4.42. The summed E-state index contributed by atoms with van der Waals surface area (Å²) in [6.45, 7) is 3.89. The predicted molar refractivity (Wildman–Crippen MR) is 123 cm³/mol. The van der Waals surface area contributed by atoms with Crippen molar-refractivity contribution in [1.29, 1.82) is 0 Å². The van der Waals surface area contributed by atoms with Gasteiger partial charge in [0.1, 0.15) is 10.9 Å². The van der Waals surface area contributed by atoms with Gasteiger partial charge in [-0.2, -0.15) is 9.50 Å². The van der Waals surface area contributed by atoms with Gasteiger partial charge in [0.2, 0.25) is 0 Å². The standard InChI is InChI=1S/C23H23N5O3S/c1-5-16-13-21(28-23(25-16)24-14(2)27-28)32-20-9-7-6-8-17(20)26-22(29)15-10-11-18(30-3)19(12-15)31-4/h6-13H,5H2,1-4H3,(H,26,29). The van der Waals surface area contributed by atoms with Crippen LogP contribution in [0.1, 0.15) is 28.8 Å². The van der Waals surface area contributed by atoms with Gasteiger partial charge in [0.25, 0.3) is 11.7 Å². The van der Waals surface area contributed by atoms with Crippen molar-refractivity contribution < 1.29 is 14.3 Å². The van der Waals surface area contributed by atoms with Gasteiger partial charge in [-0.3, -0.25) is 4.79 Å². The number of carbonyl (C=O) groups excluding carboxylic acids is 1. The van der Waals surface area contributed by atoms with E-state index in [2.05, 4.69) is 20.4 Å². The maximum atomic E-state index is 12.9. The first kappa shape index (κ1) is 21.6. The number of nitrogens with one attached hydrogen (secondary N) is 1. The van der Waals surface area contributed by atoms with E-state index in [1.807, 2.05) is 44.2 Å². The van der Waals surface area contributed by atoms with E-state index in [-0.39, 0.29) is 5.91 Å². The zero-order valence-electron chi connectivity index (χ0n) is 18.2. The first-order chi connectivity index (χ1) is 15.5. The number of anilines is 1. The zero-order valence-corrected chi connectivity index (χ0v) is 19.1. The fourth-order valence-corrected chi connectivity index (χ4v) is 4.19. The number of para-hydroxylation sites is 1. The summed E-state index contributed by atoms with van der Waals surface area (Å²) in [6.07, 6.45) is 0.785. The lowest BCUT2D eigenvalue weighted by molar-refractivity contribution is 0.102. The lowest BCUT2D eigenvalue weighted by atomic mass is 10.2.